The van der Waals surface area contributed by atoms with E-state index < -0.39 is 11.6 Å². The van der Waals surface area contributed by atoms with Crippen molar-refractivity contribution in [1.29, 1.82) is 0 Å². The van der Waals surface area contributed by atoms with Gasteiger partial charge in [-0.25, -0.2) is 4.79 Å². The molecule has 16 heavy (non-hydrogen) atoms. The van der Waals surface area contributed by atoms with E-state index in [1.807, 2.05) is 34.6 Å². The van der Waals surface area contributed by atoms with Crippen LogP contribution < -0.4 is 0 Å². The third kappa shape index (κ3) is 4.12. The smallest absolute Gasteiger partial charge is 0.335 e. The molecule has 96 valence electrons. The molecule has 0 aliphatic carbocycles. The van der Waals surface area contributed by atoms with Crippen molar-refractivity contribution in [3.8, 4) is 0 Å². The van der Waals surface area contributed by atoms with Crippen LogP contribution in [-0.2, 0) is 9.53 Å². The first kappa shape index (κ1) is 15.4. The molecule has 0 aliphatic rings. The third-order valence-corrected chi connectivity index (χ3v) is 3.02. The van der Waals surface area contributed by atoms with Gasteiger partial charge in [0.25, 0.3) is 0 Å². The first-order valence-electron chi connectivity index (χ1n) is 6.27. The first-order chi connectivity index (χ1) is 7.33. The predicted molar refractivity (Wildman–Crippen MR) is 65.6 cm³/mol. The number of hydrogen-bond acceptors (Lipinski definition) is 2. The molecule has 0 unspecified atom stereocenters. The Morgan fingerprint density at radius 1 is 1.12 bits per heavy atom. The van der Waals surface area contributed by atoms with Crippen LogP contribution in [0.2, 0.25) is 0 Å². The number of carbonyl (C=O) groups is 1. The number of hydrogen-bond donors (Lipinski definition) is 1. The highest BCUT2D eigenvalue weighted by Gasteiger charge is 2.41. The van der Waals surface area contributed by atoms with Gasteiger partial charge in [-0.15, -0.1) is 0 Å². The van der Waals surface area contributed by atoms with Crippen molar-refractivity contribution in [2.24, 2.45) is 0 Å². The molecule has 0 aromatic rings. The van der Waals surface area contributed by atoms with Crippen molar-refractivity contribution in [1.82, 2.24) is 0 Å². The van der Waals surface area contributed by atoms with Crippen molar-refractivity contribution >= 4 is 5.97 Å². The summed E-state index contributed by atoms with van der Waals surface area (Å²) in [4.78, 5) is 11.5. The molecule has 3 heteroatoms. The van der Waals surface area contributed by atoms with Crippen LogP contribution in [0.15, 0.2) is 0 Å². The van der Waals surface area contributed by atoms with E-state index in [2.05, 4.69) is 0 Å². The van der Waals surface area contributed by atoms with Gasteiger partial charge in [0.2, 0.25) is 0 Å². The van der Waals surface area contributed by atoms with Gasteiger partial charge in [-0.2, -0.15) is 0 Å². The summed E-state index contributed by atoms with van der Waals surface area (Å²) < 4.78 is 5.92. The van der Waals surface area contributed by atoms with Gasteiger partial charge in [-0.05, 0) is 33.1 Å². The van der Waals surface area contributed by atoms with E-state index in [1.54, 1.807) is 0 Å². The second kappa shape index (κ2) is 6.24. The van der Waals surface area contributed by atoms with Gasteiger partial charge < -0.3 is 9.84 Å². The van der Waals surface area contributed by atoms with E-state index in [0.29, 0.717) is 12.8 Å². The summed E-state index contributed by atoms with van der Waals surface area (Å²) in [5.74, 6) is -0.822. The fraction of sp³-hybridized carbons (Fsp3) is 0.923. The maximum Gasteiger partial charge on any atom is 0.335 e. The summed E-state index contributed by atoms with van der Waals surface area (Å²) in [5, 5.41) is 9.42. The second-order valence-electron chi connectivity index (χ2n) is 5.01. The Balaban J connectivity index is 4.94. The van der Waals surface area contributed by atoms with E-state index >= 15 is 0 Å². The molecule has 0 atom stereocenters. The van der Waals surface area contributed by atoms with Gasteiger partial charge >= 0.3 is 5.97 Å². The highest BCUT2D eigenvalue weighted by atomic mass is 16.5. The molecule has 0 radical (unpaired) electrons. The molecule has 0 bridgehead atoms. The zero-order chi connectivity index (χ0) is 12.8. The quantitative estimate of drug-likeness (QED) is 0.692. The Labute approximate surface area is 99.2 Å². The molecular weight excluding hydrogens is 204 g/mol. The molecule has 0 fully saturated rings. The van der Waals surface area contributed by atoms with Crippen molar-refractivity contribution in [3.63, 3.8) is 0 Å². The van der Waals surface area contributed by atoms with Gasteiger partial charge in [0.05, 0.1) is 5.60 Å². The molecule has 0 saturated carbocycles. The molecule has 3 nitrogen and oxygen atoms in total. The van der Waals surface area contributed by atoms with Crippen LogP contribution in [0.25, 0.3) is 0 Å². The zero-order valence-electron chi connectivity index (χ0n) is 11.3. The molecule has 0 aromatic heterocycles. The van der Waals surface area contributed by atoms with Crippen LogP contribution in [0.4, 0.5) is 0 Å². The zero-order valence-corrected chi connectivity index (χ0v) is 11.3. The molecule has 0 rings (SSSR count). The van der Waals surface area contributed by atoms with Crippen molar-refractivity contribution < 1.29 is 14.6 Å². The van der Waals surface area contributed by atoms with E-state index in [0.717, 1.165) is 19.3 Å². The van der Waals surface area contributed by atoms with Crippen molar-refractivity contribution in [2.45, 2.75) is 77.9 Å². The van der Waals surface area contributed by atoms with Crippen LogP contribution in [0.3, 0.4) is 0 Å². The van der Waals surface area contributed by atoms with E-state index in [-0.39, 0.29) is 5.60 Å². The van der Waals surface area contributed by atoms with Gasteiger partial charge in [-0.3, -0.25) is 0 Å². The highest BCUT2D eigenvalue weighted by Crippen LogP contribution is 2.31. The minimum atomic E-state index is -0.997. The minimum absolute atomic E-state index is 0.372. The van der Waals surface area contributed by atoms with E-state index in [4.69, 9.17) is 4.74 Å². The number of carboxylic acids is 1. The summed E-state index contributed by atoms with van der Waals surface area (Å²) in [7, 11) is 0. The molecule has 0 saturated heterocycles. The summed E-state index contributed by atoms with van der Waals surface area (Å²) >= 11 is 0. The second-order valence-corrected chi connectivity index (χ2v) is 5.01. The molecule has 0 aliphatic heterocycles. The van der Waals surface area contributed by atoms with Crippen LogP contribution >= 0.6 is 0 Å². The Bertz CT molecular complexity index is 215. The molecule has 0 heterocycles. The SMILES string of the molecule is CCCC(CCC)(OC(C)(C)CC)C(=O)O. The third-order valence-electron chi connectivity index (χ3n) is 3.02. The normalized spacial score (nSPS) is 12.8. The van der Waals surface area contributed by atoms with Crippen LogP contribution in [0.5, 0.6) is 0 Å². The maximum absolute atomic E-state index is 11.5. The molecule has 0 amide bonds. The minimum Gasteiger partial charge on any atom is -0.479 e. The van der Waals surface area contributed by atoms with Gasteiger partial charge in [-0.1, -0.05) is 33.6 Å². The lowest BCUT2D eigenvalue weighted by Gasteiger charge is -2.37. The summed E-state index contributed by atoms with van der Waals surface area (Å²) in [6.07, 6.45) is 3.63. The molecule has 1 N–H and O–H groups in total. The van der Waals surface area contributed by atoms with Gasteiger partial charge in [0.1, 0.15) is 0 Å². The van der Waals surface area contributed by atoms with Crippen LogP contribution in [-0.4, -0.2) is 22.3 Å². The predicted octanol–water partition coefficient (Wildman–Crippen LogP) is 3.62. The lowest BCUT2D eigenvalue weighted by Crippen LogP contribution is -2.47. The maximum atomic E-state index is 11.5. The van der Waals surface area contributed by atoms with E-state index in [9.17, 15) is 9.90 Å². The Hall–Kier alpha value is -0.570. The van der Waals surface area contributed by atoms with Crippen molar-refractivity contribution in [3.05, 3.63) is 0 Å². The average Bonchev–Trinajstić information content (AvgIpc) is 2.17. The lowest BCUT2D eigenvalue weighted by atomic mass is 9.90. The van der Waals surface area contributed by atoms with Crippen LogP contribution in [0, 0.1) is 0 Å². The fourth-order valence-corrected chi connectivity index (χ4v) is 1.89. The van der Waals surface area contributed by atoms with Crippen LogP contribution in [0.1, 0.15) is 66.7 Å². The number of carboxylic acid groups (broad SMARTS) is 1. The van der Waals surface area contributed by atoms with Gasteiger partial charge in [0.15, 0.2) is 5.60 Å². The summed E-state index contributed by atoms with van der Waals surface area (Å²) in [6.45, 7) is 9.92. The number of rotatable bonds is 8. The largest absolute Gasteiger partial charge is 0.479 e. The summed E-state index contributed by atoms with van der Waals surface area (Å²) in [6, 6.07) is 0. The molecule has 0 aromatic carbocycles. The molecule has 0 spiro atoms. The Morgan fingerprint density at radius 3 is 1.81 bits per heavy atom. The Kier molecular flexibility index (Phi) is 6.01. The average molecular weight is 230 g/mol. The monoisotopic (exact) mass is 230 g/mol. The standard InChI is InChI=1S/C13H26O3/c1-6-9-13(10-7-2,11(14)15)16-12(4,5)8-3/h6-10H2,1-5H3,(H,14,15). The lowest BCUT2D eigenvalue weighted by molar-refractivity contribution is -0.191. The topological polar surface area (TPSA) is 46.5 Å². The number of ether oxygens (including phenoxy) is 1. The van der Waals surface area contributed by atoms with Gasteiger partial charge in [0, 0.05) is 0 Å². The first-order valence-corrected chi connectivity index (χ1v) is 6.27. The summed E-state index contributed by atoms with van der Waals surface area (Å²) in [5.41, 5.74) is -1.37. The van der Waals surface area contributed by atoms with Crippen molar-refractivity contribution in [2.75, 3.05) is 0 Å². The molecular formula is C13H26O3. The van der Waals surface area contributed by atoms with E-state index in [1.165, 1.54) is 0 Å². The highest BCUT2D eigenvalue weighted by molar-refractivity contribution is 5.77. The Morgan fingerprint density at radius 2 is 1.56 bits per heavy atom. The fourth-order valence-electron chi connectivity index (χ4n) is 1.89. The number of aliphatic carboxylic acids is 1.